The standard InChI is InChI=1S/C18H25ClO/c1-4-14-6-7-16(19)12-15(14)10-13(3)11-18-9-8-17(5-2)20-18/h6-7,12,17-18H,3-5,8-11H2,1-2H3. The lowest BCUT2D eigenvalue weighted by molar-refractivity contribution is 0.0436. The number of hydrogen-bond donors (Lipinski definition) is 0. The molecule has 110 valence electrons. The molecule has 0 N–H and O–H groups in total. The number of hydrogen-bond acceptors (Lipinski definition) is 1. The topological polar surface area (TPSA) is 9.23 Å². The molecule has 2 heteroatoms. The van der Waals surface area contributed by atoms with Gasteiger partial charge in [-0.1, -0.05) is 43.7 Å². The van der Waals surface area contributed by atoms with E-state index in [1.165, 1.54) is 29.5 Å². The van der Waals surface area contributed by atoms with Gasteiger partial charge < -0.3 is 4.74 Å². The van der Waals surface area contributed by atoms with Gasteiger partial charge in [-0.05, 0) is 61.8 Å². The molecule has 1 nitrogen and oxygen atoms in total. The highest BCUT2D eigenvalue weighted by atomic mass is 35.5. The summed E-state index contributed by atoms with van der Waals surface area (Å²) in [4.78, 5) is 0. The van der Waals surface area contributed by atoms with Gasteiger partial charge in [-0.15, -0.1) is 0 Å². The van der Waals surface area contributed by atoms with E-state index in [0.717, 1.165) is 30.7 Å². The van der Waals surface area contributed by atoms with E-state index in [1.807, 2.05) is 6.07 Å². The van der Waals surface area contributed by atoms with E-state index in [-0.39, 0.29) is 0 Å². The minimum atomic E-state index is 0.372. The third kappa shape index (κ3) is 4.10. The summed E-state index contributed by atoms with van der Waals surface area (Å²) in [6, 6.07) is 6.18. The first kappa shape index (κ1) is 15.6. The zero-order chi connectivity index (χ0) is 14.5. The smallest absolute Gasteiger partial charge is 0.0616 e. The summed E-state index contributed by atoms with van der Waals surface area (Å²) < 4.78 is 6.01. The molecule has 0 spiro atoms. The molecule has 0 radical (unpaired) electrons. The molecule has 1 aliphatic rings. The van der Waals surface area contributed by atoms with Crippen molar-refractivity contribution in [2.45, 2.75) is 64.6 Å². The summed E-state index contributed by atoms with van der Waals surface area (Å²) in [7, 11) is 0. The van der Waals surface area contributed by atoms with Crippen LogP contribution in [0.2, 0.25) is 5.02 Å². The van der Waals surface area contributed by atoms with E-state index in [9.17, 15) is 0 Å². The van der Waals surface area contributed by atoms with Crippen molar-refractivity contribution in [1.29, 1.82) is 0 Å². The van der Waals surface area contributed by atoms with Gasteiger partial charge in [0.1, 0.15) is 0 Å². The molecule has 1 fully saturated rings. The second-order valence-electron chi connectivity index (χ2n) is 5.76. The van der Waals surface area contributed by atoms with Crippen LogP contribution < -0.4 is 0 Å². The van der Waals surface area contributed by atoms with E-state index in [4.69, 9.17) is 16.3 Å². The first-order valence-corrected chi connectivity index (χ1v) is 8.09. The zero-order valence-corrected chi connectivity index (χ0v) is 13.4. The van der Waals surface area contributed by atoms with E-state index in [1.54, 1.807) is 0 Å². The van der Waals surface area contributed by atoms with E-state index in [0.29, 0.717) is 12.2 Å². The van der Waals surface area contributed by atoms with Crippen molar-refractivity contribution in [2.75, 3.05) is 0 Å². The van der Waals surface area contributed by atoms with Crippen LogP contribution in [-0.2, 0) is 17.6 Å². The fourth-order valence-electron chi connectivity index (χ4n) is 3.00. The molecule has 1 saturated heterocycles. The molecule has 2 atom stereocenters. The zero-order valence-electron chi connectivity index (χ0n) is 12.6. The predicted octanol–water partition coefficient (Wildman–Crippen LogP) is 5.35. The molecule has 2 unspecified atom stereocenters. The largest absolute Gasteiger partial charge is 0.375 e. The average Bonchev–Trinajstić information content (AvgIpc) is 2.86. The van der Waals surface area contributed by atoms with Crippen LogP contribution in [0.15, 0.2) is 30.4 Å². The van der Waals surface area contributed by atoms with Gasteiger partial charge in [0.05, 0.1) is 12.2 Å². The van der Waals surface area contributed by atoms with Crippen LogP contribution in [0.1, 0.15) is 50.7 Å². The number of aryl methyl sites for hydroxylation is 1. The van der Waals surface area contributed by atoms with Crippen LogP contribution in [0, 0.1) is 0 Å². The van der Waals surface area contributed by atoms with E-state index in [2.05, 4.69) is 32.6 Å². The molecule has 1 aromatic carbocycles. The van der Waals surface area contributed by atoms with Crippen molar-refractivity contribution < 1.29 is 4.74 Å². The molecular weight excluding hydrogens is 268 g/mol. The summed E-state index contributed by atoms with van der Waals surface area (Å²) in [6.07, 6.45) is 7.27. The molecule has 0 amide bonds. The van der Waals surface area contributed by atoms with Gasteiger partial charge in [-0.25, -0.2) is 0 Å². The molecule has 0 aliphatic carbocycles. The fraction of sp³-hybridized carbons (Fsp3) is 0.556. The maximum absolute atomic E-state index is 6.11. The monoisotopic (exact) mass is 292 g/mol. The Balaban J connectivity index is 1.93. The Morgan fingerprint density at radius 1 is 1.25 bits per heavy atom. The maximum Gasteiger partial charge on any atom is 0.0616 e. The molecule has 1 heterocycles. The first-order valence-electron chi connectivity index (χ1n) is 7.71. The highest BCUT2D eigenvalue weighted by molar-refractivity contribution is 6.30. The Bertz CT molecular complexity index is 466. The number of halogens is 1. The molecule has 0 bridgehead atoms. The highest BCUT2D eigenvalue weighted by Gasteiger charge is 2.24. The quantitative estimate of drug-likeness (QED) is 0.642. The van der Waals surface area contributed by atoms with Gasteiger partial charge in [-0.2, -0.15) is 0 Å². The van der Waals surface area contributed by atoms with E-state index >= 15 is 0 Å². The molecule has 0 aromatic heterocycles. The number of rotatable bonds is 6. The Kier molecular flexibility index (Phi) is 5.68. The Morgan fingerprint density at radius 2 is 2.00 bits per heavy atom. The van der Waals surface area contributed by atoms with Gasteiger partial charge in [0.2, 0.25) is 0 Å². The third-order valence-corrected chi connectivity index (χ3v) is 4.39. The lowest BCUT2D eigenvalue weighted by atomic mass is 9.95. The maximum atomic E-state index is 6.11. The summed E-state index contributed by atoms with van der Waals surface area (Å²) >= 11 is 6.11. The summed E-state index contributed by atoms with van der Waals surface area (Å²) in [5.41, 5.74) is 3.94. The second-order valence-corrected chi connectivity index (χ2v) is 6.20. The normalized spacial score (nSPS) is 22.1. The van der Waals surface area contributed by atoms with Crippen LogP contribution >= 0.6 is 11.6 Å². The van der Waals surface area contributed by atoms with Crippen molar-refractivity contribution in [3.63, 3.8) is 0 Å². The fourth-order valence-corrected chi connectivity index (χ4v) is 3.19. The summed E-state index contributed by atoms with van der Waals surface area (Å²) in [5.74, 6) is 0. The second kappa shape index (κ2) is 7.28. The van der Waals surface area contributed by atoms with Gasteiger partial charge in [-0.3, -0.25) is 0 Å². The number of benzene rings is 1. The number of ether oxygens (including phenoxy) is 1. The van der Waals surface area contributed by atoms with Crippen molar-refractivity contribution >= 4 is 11.6 Å². The molecule has 1 aromatic rings. The molecule has 2 rings (SSSR count). The summed E-state index contributed by atoms with van der Waals surface area (Å²) in [6.45, 7) is 8.62. The molecule has 20 heavy (non-hydrogen) atoms. The first-order chi connectivity index (χ1) is 9.62. The molecule has 0 saturated carbocycles. The SMILES string of the molecule is C=C(Cc1cc(Cl)ccc1CC)CC1CCC(CC)O1. The van der Waals surface area contributed by atoms with Crippen LogP contribution in [0.5, 0.6) is 0 Å². The Hall–Kier alpha value is -0.790. The van der Waals surface area contributed by atoms with Crippen LogP contribution in [-0.4, -0.2) is 12.2 Å². The van der Waals surface area contributed by atoms with Gasteiger partial charge >= 0.3 is 0 Å². The lowest BCUT2D eigenvalue weighted by Gasteiger charge is -2.15. The average molecular weight is 293 g/mol. The van der Waals surface area contributed by atoms with Crippen molar-refractivity contribution in [2.24, 2.45) is 0 Å². The minimum absolute atomic E-state index is 0.372. The van der Waals surface area contributed by atoms with E-state index < -0.39 is 0 Å². The van der Waals surface area contributed by atoms with Crippen molar-refractivity contribution in [3.05, 3.63) is 46.5 Å². The predicted molar refractivity (Wildman–Crippen MR) is 86.5 cm³/mol. The molecular formula is C18H25ClO. The Morgan fingerprint density at radius 3 is 2.65 bits per heavy atom. The third-order valence-electron chi connectivity index (χ3n) is 4.16. The summed E-state index contributed by atoms with van der Waals surface area (Å²) in [5, 5.41) is 0.813. The Labute approximate surface area is 128 Å². The minimum Gasteiger partial charge on any atom is -0.375 e. The lowest BCUT2D eigenvalue weighted by Crippen LogP contribution is -2.11. The van der Waals surface area contributed by atoms with Crippen LogP contribution in [0.4, 0.5) is 0 Å². The van der Waals surface area contributed by atoms with Gasteiger partial charge in [0.15, 0.2) is 0 Å². The highest BCUT2D eigenvalue weighted by Crippen LogP contribution is 2.28. The molecule has 1 aliphatic heterocycles. The van der Waals surface area contributed by atoms with Gasteiger partial charge in [0, 0.05) is 5.02 Å². The van der Waals surface area contributed by atoms with Crippen molar-refractivity contribution in [3.8, 4) is 0 Å². The van der Waals surface area contributed by atoms with Crippen LogP contribution in [0.25, 0.3) is 0 Å². The van der Waals surface area contributed by atoms with Gasteiger partial charge in [0.25, 0.3) is 0 Å². The van der Waals surface area contributed by atoms with Crippen molar-refractivity contribution in [1.82, 2.24) is 0 Å². The van der Waals surface area contributed by atoms with Crippen LogP contribution in [0.3, 0.4) is 0 Å².